The van der Waals surface area contributed by atoms with Gasteiger partial charge in [-0.15, -0.1) is 0 Å². The molecule has 0 bridgehead atoms. The Balaban J connectivity index is 1.74. The van der Waals surface area contributed by atoms with Gasteiger partial charge in [0.1, 0.15) is 5.60 Å². The van der Waals surface area contributed by atoms with E-state index in [-0.39, 0.29) is 11.2 Å². The fourth-order valence-electron chi connectivity index (χ4n) is 7.05. The molecule has 4 rings (SSSR count). The van der Waals surface area contributed by atoms with Gasteiger partial charge in [0, 0.05) is 11.8 Å². The number of aliphatic hydroxyl groups is 1. The molecule has 118 valence electrons. The molecule has 0 amide bonds. The number of fused-ring (bicyclic) bond motifs is 5. The van der Waals surface area contributed by atoms with Gasteiger partial charge >= 0.3 is 0 Å². The van der Waals surface area contributed by atoms with E-state index in [0.717, 1.165) is 18.8 Å². The Kier molecular flexibility index (Phi) is 2.94. The molecule has 6 atom stereocenters. The maximum Gasteiger partial charge on any atom is 0.165 e. The predicted molar refractivity (Wildman–Crippen MR) is 82.8 cm³/mol. The molecule has 4 aliphatic rings. The molecule has 0 spiro atoms. The largest absolute Gasteiger partial charge is 0.381 e. The Bertz CT molecular complexity index is 472. The van der Waals surface area contributed by atoms with Crippen LogP contribution < -0.4 is 0 Å². The standard InChI is InChI=1S/C19H30O2/c1-17-8-5-6-14(17)13-12-16(20)19(21)10-4-3-9-18(19,2)15(13)7-11-17/h13-15,21H,3-12H2,1-2H3/t13-,14+,15-,17+,18+,19-/m0/s1. The lowest BCUT2D eigenvalue weighted by Crippen LogP contribution is -2.65. The second kappa shape index (κ2) is 4.34. The van der Waals surface area contributed by atoms with Crippen molar-refractivity contribution >= 4 is 5.78 Å². The van der Waals surface area contributed by atoms with Crippen molar-refractivity contribution in [3.05, 3.63) is 0 Å². The Morgan fingerprint density at radius 3 is 2.52 bits per heavy atom. The highest BCUT2D eigenvalue weighted by Gasteiger charge is 2.65. The first kappa shape index (κ1) is 14.2. The van der Waals surface area contributed by atoms with E-state index >= 15 is 0 Å². The summed E-state index contributed by atoms with van der Waals surface area (Å²) in [5.41, 5.74) is -0.657. The van der Waals surface area contributed by atoms with Crippen molar-refractivity contribution in [1.29, 1.82) is 0 Å². The van der Waals surface area contributed by atoms with Gasteiger partial charge in [-0.2, -0.15) is 0 Å². The SMILES string of the molecule is C[C@]12CCC[C@@H]1[C@@H]1CC(=O)[C@@]3(O)CCCC[C@]3(C)[C@H]1CC2. The van der Waals surface area contributed by atoms with Gasteiger partial charge in [-0.3, -0.25) is 4.79 Å². The van der Waals surface area contributed by atoms with Crippen LogP contribution in [0, 0.1) is 28.6 Å². The van der Waals surface area contributed by atoms with Gasteiger partial charge in [-0.25, -0.2) is 0 Å². The fraction of sp³-hybridized carbons (Fsp3) is 0.947. The fourth-order valence-corrected chi connectivity index (χ4v) is 7.05. The molecule has 0 aromatic heterocycles. The average molecular weight is 290 g/mol. The van der Waals surface area contributed by atoms with Gasteiger partial charge < -0.3 is 5.11 Å². The highest BCUT2D eigenvalue weighted by molar-refractivity contribution is 5.89. The summed E-state index contributed by atoms with van der Waals surface area (Å²) in [6.45, 7) is 4.72. The molecule has 2 heteroatoms. The minimum Gasteiger partial charge on any atom is -0.381 e. The summed E-state index contributed by atoms with van der Waals surface area (Å²) in [5, 5.41) is 11.2. The van der Waals surface area contributed by atoms with Crippen LogP contribution >= 0.6 is 0 Å². The lowest BCUT2D eigenvalue weighted by atomic mass is 9.43. The van der Waals surface area contributed by atoms with E-state index in [4.69, 9.17) is 0 Å². The van der Waals surface area contributed by atoms with Crippen LogP contribution in [0.4, 0.5) is 0 Å². The van der Waals surface area contributed by atoms with E-state index < -0.39 is 5.60 Å². The summed E-state index contributed by atoms with van der Waals surface area (Å²) in [7, 11) is 0. The first-order valence-corrected chi connectivity index (χ1v) is 9.16. The number of Topliss-reactive ketones (excluding diaryl/α,β-unsaturated/α-hetero) is 1. The normalized spacial score (nSPS) is 56.5. The monoisotopic (exact) mass is 290 g/mol. The molecule has 0 aromatic rings. The third-order valence-electron chi connectivity index (χ3n) is 8.35. The summed E-state index contributed by atoms with van der Waals surface area (Å²) >= 11 is 0. The molecule has 0 saturated heterocycles. The van der Waals surface area contributed by atoms with Crippen molar-refractivity contribution in [1.82, 2.24) is 0 Å². The smallest absolute Gasteiger partial charge is 0.165 e. The molecule has 0 aromatic carbocycles. The van der Waals surface area contributed by atoms with Crippen LogP contribution in [0.5, 0.6) is 0 Å². The first-order valence-electron chi connectivity index (χ1n) is 9.16. The van der Waals surface area contributed by atoms with Crippen LogP contribution in [0.2, 0.25) is 0 Å². The number of hydrogen-bond acceptors (Lipinski definition) is 2. The summed E-state index contributed by atoms with van der Waals surface area (Å²) in [6, 6.07) is 0. The summed E-state index contributed by atoms with van der Waals surface area (Å²) in [4.78, 5) is 12.9. The van der Waals surface area contributed by atoms with Crippen LogP contribution in [0.25, 0.3) is 0 Å². The van der Waals surface area contributed by atoms with Crippen LogP contribution in [0.1, 0.15) is 78.1 Å². The van der Waals surface area contributed by atoms with E-state index in [1.807, 2.05) is 0 Å². The lowest BCUT2D eigenvalue weighted by Gasteiger charge is -2.62. The number of carbonyl (C=O) groups excluding carboxylic acids is 1. The van der Waals surface area contributed by atoms with Gasteiger partial charge in [-0.05, 0) is 61.7 Å². The van der Waals surface area contributed by atoms with E-state index in [0.29, 0.717) is 30.1 Å². The molecule has 4 aliphatic carbocycles. The molecule has 4 saturated carbocycles. The molecule has 0 aliphatic heterocycles. The van der Waals surface area contributed by atoms with Crippen molar-refractivity contribution in [3.8, 4) is 0 Å². The lowest BCUT2D eigenvalue weighted by molar-refractivity contribution is -0.201. The maximum absolute atomic E-state index is 12.9. The third kappa shape index (κ3) is 1.66. The van der Waals surface area contributed by atoms with E-state index in [9.17, 15) is 9.90 Å². The molecular formula is C19H30O2. The summed E-state index contributed by atoms with van der Waals surface area (Å²) in [5.74, 6) is 2.06. The van der Waals surface area contributed by atoms with E-state index in [2.05, 4.69) is 13.8 Å². The topological polar surface area (TPSA) is 37.3 Å². The number of rotatable bonds is 0. The van der Waals surface area contributed by atoms with Crippen molar-refractivity contribution in [2.45, 2.75) is 83.7 Å². The van der Waals surface area contributed by atoms with Crippen LogP contribution in [-0.4, -0.2) is 16.5 Å². The summed E-state index contributed by atoms with van der Waals surface area (Å²) in [6.07, 6.45) is 11.2. The quantitative estimate of drug-likeness (QED) is 0.729. The van der Waals surface area contributed by atoms with E-state index in [1.54, 1.807) is 0 Å². The van der Waals surface area contributed by atoms with E-state index in [1.165, 1.54) is 38.5 Å². The summed E-state index contributed by atoms with van der Waals surface area (Å²) < 4.78 is 0. The van der Waals surface area contributed by atoms with Crippen LogP contribution in [0.3, 0.4) is 0 Å². The number of hydrogen-bond donors (Lipinski definition) is 1. The minimum atomic E-state index is -1.00. The zero-order valence-electron chi connectivity index (χ0n) is 13.7. The second-order valence-electron chi connectivity index (χ2n) is 9.07. The predicted octanol–water partition coefficient (Wildman–Crippen LogP) is 4.10. The highest BCUT2D eigenvalue weighted by atomic mass is 16.3. The van der Waals surface area contributed by atoms with Crippen molar-refractivity contribution < 1.29 is 9.90 Å². The maximum atomic E-state index is 12.9. The first-order chi connectivity index (χ1) is 9.91. The second-order valence-corrected chi connectivity index (χ2v) is 9.07. The minimum absolute atomic E-state index is 0.144. The van der Waals surface area contributed by atoms with Crippen LogP contribution in [-0.2, 0) is 4.79 Å². The Labute approximate surface area is 128 Å². The molecule has 2 nitrogen and oxygen atoms in total. The Hall–Kier alpha value is -0.370. The average Bonchev–Trinajstić information content (AvgIpc) is 2.83. The molecule has 0 radical (unpaired) electrons. The van der Waals surface area contributed by atoms with Gasteiger partial charge in [0.15, 0.2) is 5.78 Å². The van der Waals surface area contributed by atoms with Gasteiger partial charge in [0.2, 0.25) is 0 Å². The number of ketones is 1. The third-order valence-corrected chi connectivity index (χ3v) is 8.35. The van der Waals surface area contributed by atoms with Crippen molar-refractivity contribution in [2.24, 2.45) is 28.6 Å². The molecule has 1 N–H and O–H groups in total. The molecule has 0 heterocycles. The van der Waals surface area contributed by atoms with Crippen molar-refractivity contribution in [3.63, 3.8) is 0 Å². The molecule has 0 unspecified atom stereocenters. The van der Waals surface area contributed by atoms with Crippen LogP contribution in [0.15, 0.2) is 0 Å². The Morgan fingerprint density at radius 1 is 0.952 bits per heavy atom. The number of carbonyl (C=O) groups is 1. The highest BCUT2D eigenvalue weighted by Crippen LogP contribution is 2.66. The zero-order valence-corrected chi connectivity index (χ0v) is 13.7. The molecule has 4 fully saturated rings. The van der Waals surface area contributed by atoms with Gasteiger partial charge in [0.05, 0.1) is 0 Å². The van der Waals surface area contributed by atoms with Gasteiger partial charge in [0.25, 0.3) is 0 Å². The van der Waals surface area contributed by atoms with Crippen molar-refractivity contribution in [2.75, 3.05) is 0 Å². The zero-order chi connectivity index (χ0) is 14.9. The molecule has 21 heavy (non-hydrogen) atoms. The van der Waals surface area contributed by atoms with Gasteiger partial charge in [-0.1, -0.05) is 33.1 Å². The Morgan fingerprint density at radius 2 is 1.71 bits per heavy atom. The molecular weight excluding hydrogens is 260 g/mol.